The van der Waals surface area contributed by atoms with Crippen LogP contribution in [0.5, 0.6) is 0 Å². The van der Waals surface area contributed by atoms with Crippen molar-refractivity contribution in [3.63, 3.8) is 0 Å². The predicted octanol–water partition coefficient (Wildman–Crippen LogP) is 4.65. The molecule has 13 heteroatoms. The Hall–Kier alpha value is -3.55. The monoisotopic (exact) mass is 592 g/mol. The standard InChI is InChI=1S/C27H30F2N4O5S2/c1-3-33(4-2)40(37,38)22-11-13-26(32-14-5-6-15-32)25(18-22)30-27(34)19-8-7-9-20(16-19)31-39(35,36)21-10-12-23(28)24(29)17-21/h7-13,16-18,31H,3-6,14-15H2,1-2H3,(H,30,34). The highest BCUT2D eigenvalue weighted by Gasteiger charge is 2.25. The van der Waals surface area contributed by atoms with Crippen LogP contribution in [0.3, 0.4) is 0 Å². The number of amides is 1. The molecule has 4 rings (SSSR count). The van der Waals surface area contributed by atoms with E-state index in [1.54, 1.807) is 19.9 Å². The summed E-state index contributed by atoms with van der Waals surface area (Å²) in [6.45, 7) is 5.59. The molecule has 0 unspecified atom stereocenters. The third kappa shape index (κ3) is 6.26. The van der Waals surface area contributed by atoms with Crippen molar-refractivity contribution < 1.29 is 30.4 Å². The molecule has 1 amide bonds. The normalized spacial score (nSPS) is 14.0. The summed E-state index contributed by atoms with van der Waals surface area (Å²) < 4.78 is 82.1. The molecule has 0 bridgehead atoms. The third-order valence-electron chi connectivity index (χ3n) is 6.58. The van der Waals surface area contributed by atoms with Gasteiger partial charge in [-0.1, -0.05) is 19.9 Å². The molecule has 1 aliphatic rings. The number of hydrogen-bond donors (Lipinski definition) is 2. The third-order valence-corrected chi connectivity index (χ3v) is 10.0. The van der Waals surface area contributed by atoms with E-state index in [9.17, 15) is 30.4 Å². The number of rotatable bonds is 10. The van der Waals surface area contributed by atoms with Crippen LogP contribution in [-0.4, -0.2) is 53.2 Å². The van der Waals surface area contributed by atoms with E-state index in [2.05, 4.69) is 14.9 Å². The maximum absolute atomic E-state index is 13.6. The van der Waals surface area contributed by atoms with Crippen LogP contribution in [0.25, 0.3) is 0 Å². The molecule has 9 nitrogen and oxygen atoms in total. The van der Waals surface area contributed by atoms with Crippen LogP contribution in [0.4, 0.5) is 25.8 Å². The van der Waals surface area contributed by atoms with Gasteiger partial charge in [0.05, 0.1) is 21.2 Å². The Morgan fingerprint density at radius 1 is 0.875 bits per heavy atom. The zero-order valence-electron chi connectivity index (χ0n) is 22.0. The van der Waals surface area contributed by atoms with Gasteiger partial charge in [0, 0.05) is 37.4 Å². The van der Waals surface area contributed by atoms with E-state index in [-0.39, 0.29) is 16.1 Å². The number of hydrogen-bond acceptors (Lipinski definition) is 6. The molecule has 0 aromatic heterocycles. The summed E-state index contributed by atoms with van der Waals surface area (Å²) in [5, 5.41) is 2.79. The van der Waals surface area contributed by atoms with Crippen molar-refractivity contribution >= 4 is 43.0 Å². The lowest BCUT2D eigenvalue weighted by Crippen LogP contribution is -2.31. The lowest BCUT2D eigenvalue weighted by Gasteiger charge is -2.24. The van der Waals surface area contributed by atoms with E-state index < -0.39 is 42.5 Å². The van der Waals surface area contributed by atoms with Gasteiger partial charge in [0.15, 0.2) is 11.6 Å². The highest BCUT2D eigenvalue weighted by Crippen LogP contribution is 2.33. The molecule has 0 spiro atoms. The van der Waals surface area contributed by atoms with Crippen LogP contribution in [-0.2, 0) is 20.0 Å². The molecule has 3 aromatic rings. The Balaban J connectivity index is 1.63. The first-order valence-corrected chi connectivity index (χ1v) is 15.7. The van der Waals surface area contributed by atoms with Crippen LogP contribution in [0.15, 0.2) is 70.5 Å². The van der Waals surface area contributed by atoms with Crippen molar-refractivity contribution in [3.8, 4) is 0 Å². The maximum Gasteiger partial charge on any atom is 0.261 e. The van der Waals surface area contributed by atoms with Crippen molar-refractivity contribution in [3.05, 3.63) is 77.9 Å². The lowest BCUT2D eigenvalue weighted by atomic mass is 10.1. The van der Waals surface area contributed by atoms with E-state index in [4.69, 9.17) is 0 Å². The van der Waals surface area contributed by atoms with Gasteiger partial charge in [-0.3, -0.25) is 9.52 Å². The van der Waals surface area contributed by atoms with Gasteiger partial charge in [0.1, 0.15) is 0 Å². The number of halogens is 2. The van der Waals surface area contributed by atoms with E-state index in [0.717, 1.165) is 32.0 Å². The summed E-state index contributed by atoms with van der Waals surface area (Å²) in [7, 11) is -8.06. The van der Waals surface area contributed by atoms with Crippen LogP contribution in [0.1, 0.15) is 37.0 Å². The number of nitrogens with zero attached hydrogens (tertiary/aromatic N) is 2. The van der Waals surface area contributed by atoms with Crippen molar-refractivity contribution in [1.82, 2.24) is 4.31 Å². The lowest BCUT2D eigenvalue weighted by molar-refractivity contribution is 0.102. The number of carbonyl (C=O) groups excluding carboxylic acids is 1. The number of benzene rings is 3. The molecule has 214 valence electrons. The number of anilines is 3. The molecule has 0 saturated carbocycles. The Morgan fingerprint density at radius 3 is 2.20 bits per heavy atom. The molecule has 2 N–H and O–H groups in total. The molecule has 0 radical (unpaired) electrons. The minimum absolute atomic E-state index is 0.0232. The summed E-state index contributed by atoms with van der Waals surface area (Å²) in [4.78, 5) is 14.9. The second-order valence-electron chi connectivity index (χ2n) is 9.18. The first-order valence-electron chi connectivity index (χ1n) is 12.7. The van der Waals surface area contributed by atoms with Crippen molar-refractivity contribution in [2.24, 2.45) is 0 Å². The molecule has 0 aliphatic carbocycles. The first-order chi connectivity index (χ1) is 19.0. The van der Waals surface area contributed by atoms with E-state index in [1.165, 1.54) is 40.7 Å². The molecule has 1 fully saturated rings. The predicted molar refractivity (Wildman–Crippen MR) is 150 cm³/mol. The van der Waals surface area contributed by atoms with Gasteiger partial charge in [0.25, 0.3) is 15.9 Å². The van der Waals surface area contributed by atoms with Crippen LogP contribution in [0.2, 0.25) is 0 Å². The zero-order valence-corrected chi connectivity index (χ0v) is 23.7. The fourth-order valence-electron chi connectivity index (χ4n) is 4.50. The highest BCUT2D eigenvalue weighted by atomic mass is 32.2. The summed E-state index contributed by atoms with van der Waals surface area (Å²) in [6, 6.07) is 12.5. The van der Waals surface area contributed by atoms with Gasteiger partial charge in [-0.05, 0) is 67.4 Å². The van der Waals surface area contributed by atoms with E-state index in [1.807, 2.05) is 0 Å². The van der Waals surface area contributed by atoms with Crippen molar-refractivity contribution in [2.45, 2.75) is 36.5 Å². The topological polar surface area (TPSA) is 116 Å². The molecule has 40 heavy (non-hydrogen) atoms. The molecule has 1 heterocycles. The number of nitrogens with one attached hydrogen (secondary N) is 2. The number of carbonyl (C=O) groups is 1. The number of sulfonamides is 2. The summed E-state index contributed by atoms with van der Waals surface area (Å²) >= 11 is 0. The Bertz CT molecular complexity index is 1620. The fraction of sp³-hybridized carbons (Fsp3) is 0.296. The smallest absolute Gasteiger partial charge is 0.261 e. The van der Waals surface area contributed by atoms with Crippen LogP contribution in [0, 0.1) is 11.6 Å². The fourth-order valence-corrected chi connectivity index (χ4v) is 7.04. The average Bonchev–Trinajstić information content (AvgIpc) is 3.45. The van der Waals surface area contributed by atoms with Gasteiger partial charge in [0.2, 0.25) is 10.0 Å². The van der Waals surface area contributed by atoms with E-state index in [0.29, 0.717) is 36.6 Å². The zero-order chi connectivity index (χ0) is 29.1. The quantitative estimate of drug-likeness (QED) is 0.354. The molecular weight excluding hydrogens is 562 g/mol. The Kier molecular flexibility index (Phi) is 8.76. The average molecular weight is 593 g/mol. The largest absolute Gasteiger partial charge is 0.370 e. The van der Waals surface area contributed by atoms with Gasteiger partial charge in [-0.15, -0.1) is 0 Å². The van der Waals surface area contributed by atoms with E-state index >= 15 is 0 Å². The van der Waals surface area contributed by atoms with Crippen molar-refractivity contribution in [1.29, 1.82) is 0 Å². The van der Waals surface area contributed by atoms with Gasteiger partial charge >= 0.3 is 0 Å². The molecule has 3 aromatic carbocycles. The van der Waals surface area contributed by atoms with Crippen molar-refractivity contribution in [2.75, 3.05) is 41.1 Å². The highest BCUT2D eigenvalue weighted by molar-refractivity contribution is 7.92. The second kappa shape index (κ2) is 11.9. The van der Waals surface area contributed by atoms with Crippen LogP contribution >= 0.6 is 0 Å². The summed E-state index contributed by atoms with van der Waals surface area (Å²) in [5.41, 5.74) is 1.11. The SMILES string of the molecule is CCN(CC)S(=O)(=O)c1ccc(N2CCCC2)c(NC(=O)c2cccc(NS(=O)(=O)c3ccc(F)c(F)c3)c2)c1. The minimum atomic E-state index is -4.27. The Morgan fingerprint density at radius 2 is 1.55 bits per heavy atom. The van der Waals surface area contributed by atoms with Gasteiger partial charge in [-0.2, -0.15) is 4.31 Å². The maximum atomic E-state index is 13.6. The van der Waals surface area contributed by atoms with Crippen LogP contribution < -0.4 is 14.9 Å². The minimum Gasteiger partial charge on any atom is -0.370 e. The summed E-state index contributed by atoms with van der Waals surface area (Å²) in [6.07, 6.45) is 1.93. The summed E-state index contributed by atoms with van der Waals surface area (Å²) in [5.74, 6) is -3.08. The Labute approximate surface area is 232 Å². The van der Waals surface area contributed by atoms with Gasteiger partial charge < -0.3 is 10.2 Å². The molecular formula is C27H30F2N4O5S2. The molecule has 0 atom stereocenters. The molecule has 1 saturated heterocycles. The second-order valence-corrected chi connectivity index (χ2v) is 12.8. The van der Waals surface area contributed by atoms with Gasteiger partial charge in [-0.25, -0.2) is 25.6 Å². The molecule has 1 aliphatic heterocycles. The first kappa shape index (κ1) is 29.4.